The Morgan fingerprint density at radius 1 is 1.29 bits per heavy atom. The molecule has 0 radical (unpaired) electrons. The fourth-order valence-corrected chi connectivity index (χ4v) is 2.13. The van der Waals surface area contributed by atoms with Crippen molar-refractivity contribution in [3.8, 4) is 0 Å². The molecule has 0 aliphatic heterocycles. The van der Waals surface area contributed by atoms with Crippen molar-refractivity contribution >= 4 is 45.0 Å². The molecule has 0 spiro atoms. The Morgan fingerprint density at radius 2 is 1.88 bits per heavy atom. The molecule has 0 unspecified atom stereocenters. The van der Waals surface area contributed by atoms with Gasteiger partial charge in [-0.15, -0.1) is 23.2 Å². The second-order valence-electron chi connectivity index (χ2n) is 3.27. The Kier molecular flexibility index (Phi) is 6.23. The number of carbonyl (C=O) groups is 1. The molecular weight excluding hydrogens is 332 g/mol. The molecule has 0 aromatic heterocycles. The lowest BCUT2D eigenvalue weighted by atomic mass is 10.2. The lowest BCUT2D eigenvalue weighted by Crippen LogP contribution is -2.35. The van der Waals surface area contributed by atoms with Gasteiger partial charge in [-0.1, -0.05) is 6.07 Å². The van der Waals surface area contributed by atoms with Gasteiger partial charge in [0.15, 0.2) is 0 Å². The SMILES string of the molecule is O=C(c1cccc(Br)c1F)N(CCCl)CCCl. The summed E-state index contributed by atoms with van der Waals surface area (Å²) in [5.74, 6) is -0.381. The minimum Gasteiger partial charge on any atom is -0.336 e. The summed E-state index contributed by atoms with van der Waals surface area (Å²) in [6.07, 6.45) is 0. The molecule has 0 saturated heterocycles. The summed E-state index contributed by atoms with van der Waals surface area (Å²) in [5, 5.41) is 0. The van der Waals surface area contributed by atoms with Crippen molar-refractivity contribution in [2.75, 3.05) is 24.8 Å². The maximum Gasteiger partial charge on any atom is 0.256 e. The molecule has 0 aliphatic carbocycles. The molecule has 0 atom stereocenters. The molecule has 94 valence electrons. The van der Waals surface area contributed by atoms with Crippen molar-refractivity contribution < 1.29 is 9.18 Å². The van der Waals surface area contributed by atoms with Crippen LogP contribution in [0.4, 0.5) is 4.39 Å². The number of halogens is 4. The zero-order chi connectivity index (χ0) is 12.8. The lowest BCUT2D eigenvalue weighted by molar-refractivity contribution is 0.0770. The predicted octanol–water partition coefficient (Wildman–Crippen LogP) is 3.51. The first-order chi connectivity index (χ1) is 8.11. The molecule has 6 heteroatoms. The Hall–Kier alpha value is -0.320. The predicted molar refractivity (Wildman–Crippen MR) is 71.4 cm³/mol. The Balaban J connectivity index is 2.96. The van der Waals surface area contributed by atoms with Crippen molar-refractivity contribution in [3.63, 3.8) is 0 Å². The fraction of sp³-hybridized carbons (Fsp3) is 0.364. The smallest absolute Gasteiger partial charge is 0.256 e. The van der Waals surface area contributed by atoms with Crippen LogP contribution in [0.1, 0.15) is 10.4 Å². The van der Waals surface area contributed by atoms with E-state index in [9.17, 15) is 9.18 Å². The van der Waals surface area contributed by atoms with Gasteiger partial charge in [-0.05, 0) is 28.1 Å². The van der Waals surface area contributed by atoms with Crippen LogP contribution in [0.25, 0.3) is 0 Å². The van der Waals surface area contributed by atoms with Crippen molar-refractivity contribution in [2.45, 2.75) is 0 Å². The second-order valence-corrected chi connectivity index (χ2v) is 4.88. The zero-order valence-corrected chi connectivity index (χ0v) is 12.0. The van der Waals surface area contributed by atoms with Crippen LogP contribution in [0, 0.1) is 5.82 Å². The van der Waals surface area contributed by atoms with Crippen molar-refractivity contribution in [1.82, 2.24) is 4.90 Å². The van der Waals surface area contributed by atoms with Crippen LogP contribution in [-0.4, -0.2) is 35.7 Å². The summed E-state index contributed by atoms with van der Waals surface area (Å²) in [6.45, 7) is 0.693. The third kappa shape index (κ3) is 3.83. The first-order valence-electron chi connectivity index (χ1n) is 4.97. The number of carbonyl (C=O) groups excluding carboxylic acids is 1. The van der Waals surface area contributed by atoms with E-state index in [4.69, 9.17) is 23.2 Å². The molecule has 17 heavy (non-hydrogen) atoms. The Morgan fingerprint density at radius 3 is 2.41 bits per heavy atom. The van der Waals surface area contributed by atoms with Gasteiger partial charge in [-0.2, -0.15) is 0 Å². The van der Waals surface area contributed by atoms with Crippen LogP contribution in [0.2, 0.25) is 0 Å². The number of amides is 1. The highest BCUT2D eigenvalue weighted by Crippen LogP contribution is 2.20. The summed E-state index contributed by atoms with van der Waals surface area (Å²) in [4.78, 5) is 13.5. The van der Waals surface area contributed by atoms with E-state index in [0.717, 1.165) is 0 Å². The number of benzene rings is 1. The third-order valence-corrected chi connectivity index (χ3v) is 3.13. The van der Waals surface area contributed by atoms with E-state index in [-0.39, 0.29) is 21.8 Å². The van der Waals surface area contributed by atoms with Gasteiger partial charge in [0.05, 0.1) is 10.0 Å². The average molecular weight is 343 g/mol. The van der Waals surface area contributed by atoms with Gasteiger partial charge in [0.2, 0.25) is 0 Å². The molecule has 0 heterocycles. The van der Waals surface area contributed by atoms with Gasteiger partial charge in [-0.25, -0.2) is 4.39 Å². The van der Waals surface area contributed by atoms with Gasteiger partial charge < -0.3 is 4.90 Å². The number of hydrogen-bond acceptors (Lipinski definition) is 1. The van der Waals surface area contributed by atoms with E-state index in [1.165, 1.54) is 11.0 Å². The number of nitrogens with zero attached hydrogens (tertiary/aromatic N) is 1. The first-order valence-corrected chi connectivity index (χ1v) is 6.83. The largest absolute Gasteiger partial charge is 0.336 e. The van der Waals surface area contributed by atoms with Gasteiger partial charge in [-0.3, -0.25) is 4.79 Å². The van der Waals surface area contributed by atoms with E-state index in [1.54, 1.807) is 12.1 Å². The number of hydrogen-bond donors (Lipinski definition) is 0. The first kappa shape index (κ1) is 14.7. The van der Waals surface area contributed by atoms with E-state index in [1.807, 2.05) is 0 Å². The van der Waals surface area contributed by atoms with E-state index in [0.29, 0.717) is 13.1 Å². The quantitative estimate of drug-likeness (QED) is 0.750. The molecule has 0 bridgehead atoms. The lowest BCUT2D eigenvalue weighted by Gasteiger charge is -2.20. The van der Waals surface area contributed by atoms with Crippen LogP contribution in [-0.2, 0) is 0 Å². The summed E-state index contributed by atoms with van der Waals surface area (Å²) in [5.41, 5.74) is 0.0228. The van der Waals surface area contributed by atoms with E-state index < -0.39 is 11.7 Å². The fourth-order valence-electron chi connectivity index (χ4n) is 1.36. The standard InChI is InChI=1S/C11H11BrCl2FNO/c12-9-3-1-2-8(10(9)15)11(17)16(6-4-13)7-5-14/h1-3H,4-7H2. The van der Waals surface area contributed by atoms with Gasteiger partial charge in [0, 0.05) is 24.8 Å². The third-order valence-electron chi connectivity index (χ3n) is 2.18. The number of rotatable bonds is 5. The van der Waals surface area contributed by atoms with Crippen LogP contribution in [0.5, 0.6) is 0 Å². The van der Waals surface area contributed by atoms with Gasteiger partial charge in [0.25, 0.3) is 5.91 Å². The average Bonchev–Trinajstić information content (AvgIpc) is 2.31. The van der Waals surface area contributed by atoms with Gasteiger partial charge >= 0.3 is 0 Å². The van der Waals surface area contributed by atoms with Crippen LogP contribution < -0.4 is 0 Å². The summed E-state index contributed by atoms with van der Waals surface area (Å²) in [6, 6.07) is 4.59. The van der Waals surface area contributed by atoms with Crippen molar-refractivity contribution in [3.05, 3.63) is 34.1 Å². The van der Waals surface area contributed by atoms with E-state index in [2.05, 4.69) is 15.9 Å². The number of alkyl halides is 2. The maximum absolute atomic E-state index is 13.7. The minimum absolute atomic E-state index is 0.0228. The summed E-state index contributed by atoms with van der Waals surface area (Å²) in [7, 11) is 0. The molecule has 1 aromatic rings. The monoisotopic (exact) mass is 341 g/mol. The van der Waals surface area contributed by atoms with Crippen LogP contribution in [0.15, 0.2) is 22.7 Å². The van der Waals surface area contributed by atoms with Crippen LogP contribution >= 0.6 is 39.1 Å². The highest BCUT2D eigenvalue weighted by Gasteiger charge is 2.19. The topological polar surface area (TPSA) is 20.3 Å². The molecule has 0 aliphatic rings. The molecular formula is C11H11BrCl2FNO. The minimum atomic E-state index is -0.563. The zero-order valence-electron chi connectivity index (χ0n) is 8.93. The highest BCUT2D eigenvalue weighted by molar-refractivity contribution is 9.10. The van der Waals surface area contributed by atoms with Crippen LogP contribution in [0.3, 0.4) is 0 Å². The molecule has 1 rings (SSSR count). The second kappa shape index (κ2) is 7.19. The van der Waals surface area contributed by atoms with Crippen molar-refractivity contribution in [1.29, 1.82) is 0 Å². The van der Waals surface area contributed by atoms with E-state index >= 15 is 0 Å². The maximum atomic E-state index is 13.7. The molecule has 2 nitrogen and oxygen atoms in total. The molecule has 1 amide bonds. The molecule has 1 aromatic carbocycles. The summed E-state index contributed by atoms with van der Waals surface area (Å²) < 4.78 is 14.0. The van der Waals surface area contributed by atoms with Gasteiger partial charge in [0.1, 0.15) is 5.82 Å². The molecule has 0 fully saturated rings. The molecule has 0 N–H and O–H groups in total. The Labute approximate surface area is 118 Å². The Bertz CT molecular complexity index is 397. The summed E-state index contributed by atoms with van der Waals surface area (Å²) >= 11 is 14.2. The molecule has 0 saturated carbocycles. The highest BCUT2D eigenvalue weighted by atomic mass is 79.9. The van der Waals surface area contributed by atoms with Crippen molar-refractivity contribution in [2.24, 2.45) is 0 Å². The normalized spacial score (nSPS) is 10.4.